The van der Waals surface area contributed by atoms with E-state index < -0.39 is 5.97 Å². The summed E-state index contributed by atoms with van der Waals surface area (Å²) in [6.45, 7) is 3.73. The number of rotatable bonds is 8. The molecule has 10 heteroatoms. The molecular formula is C31H32N4O6. The quantitative estimate of drug-likeness (QED) is 0.316. The van der Waals surface area contributed by atoms with E-state index in [-0.39, 0.29) is 11.8 Å². The zero-order chi connectivity index (χ0) is 29.1. The van der Waals surface area contributed by atoms with Crippen LogP contribution in [0.15, 0.2) is 60.7 Å². The summed E-state index contributed by atoms with van der Waals surface area (Å²) in [6.07, 6.45) is 0. The number of hydrogen-bond donors (Lipinski definition) is 2. The molecule has 0 aliphatic carbocycles. The van der Waals surface area contributed by atoms with Gasteiger partial charge in [0.05, 0.1) is 29.6 Å². The Kier molecular flexibility index (Phi) is 7.93. The van der Waals surface area contributed by atoms with Crippen molar-refractivity contribution in [1.82, 2.24) is 4.90 Å². The third-order valence-corrected chi connectivity index (χ3v) is 6.87. The molecule has 0 bridgehead atoms. The maximum atomic E-state index is 13.4. The lowest BCUT2D eigenvalue weighted by molar-refractivity contribution is -0.116. The van der Waals surface area contributed by atoms with E-state index in [0.29, 0.717) is 64.9 Å². The van der Waals surface area contributed by atoms with Crippen molar-refractivity contribution in [2.24, 2.45) is 0 Å². The fraction of sp³-hybridized carbons (Fsp3) is 0.258. The molecule has 0 radical (unpaired) electrons. The first kappa shape index (κ1) is 27.7. The summed E-state index contributed by atoms with van der Waals surface area (Å²) in [6, 6.07) is 18.0. The van der Waals surface area contributed by atoms with Crippen LogP contribution in [0.1, 0.15) is 28.4 Å². The number of anilines is 3. The molecule has 2 heterocycles. The summed E-state index contributed by atoms with van der Waals surface area (Å²) in [5, 5.41) is 6.30. The minimum absolute atomic E-state index is 0.0443. The van der Waals surface area contributed by atoms with Crippen LogP contribution in [0.25, 0.3) is 11.3 Å². The molecule has 2 aliphatic rings. The molecule has 0 saturated heterocycles. The fourth-order valence-electron chi connectivity index (χ4n) is 4.78. The van der Waals surface area contributed by atoms with Gasteiger partial charge >= 0.3 is 5.97 Å². The van der Waals surface area contributed by atoms with Gasteiger partial charge in [0.1, 0.15) is 13.2 Å². The Labute approximate surface area is 238 Å². The van der Waals surface area contributed by atoms with E-state index in [9.17, 15) is 14.4 Å². The molecule has 0 unspecified atom stereocenters. The smallest absolute Gasteiger partial charge is 0.337 e. The first-order valence-electron chi connectivity index (χ1n) is 13.2. The molecule has 41 heavy (non-hydrogen) atoms. The van der Waals surface area contributed by atoms with Crippen molar-refractivity contribution < 1.29 is 28.6 Å². The van der Waals surface area contributed by atoms with Gasteiger partial charge < -0.3 is 34.6 Å². The van der Waals surface area contributed by atoms with E-state index in [1.54, 1.807) is 30.0 Å². The van der Waals surface area contributed by atoms with E-state index in [4.69, 9.17) is 14.2 Å². The highest BCUT2D eigenvalue weighted by atomic mass is 16.6. The van der Waals surface area contributed by atoms with Gasteiger partial charge in [0.2, 0.25) is 5.91 Å². The maximum Gasteiger partial charge on any atom is 0.337 e. The van der Waals surface area contributed by atoms with Crippen LogP contribution >= 0.6 is 0 Å². The van der Waals surface area contributed by atoms with E-state index in [2.05, 4.69) is 10.6 Å². The Morgan fingerprint density at radius 1 is 0.927 bits per heavy atom. The Morgan fingerprint density at radius 2 is 1.63 bits per heavy atom. The lowest BCUT2D eigenvalue weighted by atomic mass is 9.98. The summed E-state index contributed by atoms with van der Waals surface area (Å²) in [5.41, 5.74) is 4.65. The predicted molar refractivity (Wildman–Crippen MR) is 157 cm³/mol. The first-order valence-corrected chi connectivity index (χ1v) is 13.2. The first-order chi connectivity index (χ1) is 19.7. The van der Waals surface area contributed by atoms with Crippen molar-refractivity contribution in [3.05, 3.63) is 77.4 Å². The second kappa shape index (κ2) is 11.7. The fourth-order valence-corrected chi connectivity index (χ4v) is 4.78. The van der Waals surface area contributed by atoms with Crippen LogP contribution in [-0.4, -0.2) is 70.2 Å². The highest BCUT2D eigenvalue weighted by molar-refractivity contribution is 6.37. The maximum absolute atomic E-state index is 13.4. The van der Waals surface area contributed by atoms with Crippen LogP contribution < -0.4 is 25.0 Å². The largest absolute Gasteiger partial charge is 0.486 e. The molecule has 5 rings (SSSR count). The van der Waals surface area contributed by atoms with Gasteiger partial charge in [-0.1, -0.05) is 6.07 Å². The summed E-state index contributed by atoms with van der Waals surface area (Å²) in [7, 11) is 5.24. The normalized spacial score (nSPS) is 14.7. The average molecular weight is 557 g/mol. The highest BCUT2D eigenvalue weighted by Gasteiger charge is 2.30. The molecular weight excluding hydrogens is 524 g/mol. The van der Waals surface area contributed by atoms with Gasteiger partial charge in [-0.2, -0.15) is 0 Å². The van der Waals surface area contributed by atoms with Gasteiger partial charge in [-0.05, 0) is 68.7 Å². The van der Waals surface area contributed by atoms with Gasteiger partial charge in [0, 0.05) is 42.5 Å². The zero-order valence-electron chi connectivity index (χ0n) is 23.4. The second-order valence-corrected chi connectivity index (χ2v) is 9.96. The Balaban J connectivity index is 1.56. The van der Waals surface area contributed by atoms with Gasteiger partial charge in [-0.25, -0.2) is 4.79 Å². The number of fused-ring (bicyclic) bond motifs is 2. The number of carbonyl (C=O) groups is 3. The van der Waals surface area contributed by atoms with Gasteiger partial charge in [-0.3, -0.25) is 9.59 Å². The van der Waals surface area contributed by atoms with Crippen LogP contribution in [0.4, 0.5) is 17.1 Å². The molecule has 212 valence electrons. The van der Waals surface area contributed by atoms with Gasteiger partial charge in [-0.15, -0.1) is 0 Å². The van der Waals surface area contributed by atoms with E-state index in [0.717, 1.165) is 17.9 Å². The molecule has 0 saturated carbocycles. The molecule has 0 fully saturated rings. The SMILES string of the molecule is COC(=O)c1ccc2c(c1)NC(=O)C2=C(Nc1ccc(N(CCN(C)C)C(C)=O)cc1)c1ccc2c(c1)OCCO2. The number of hydrogen-bond acceptors (Lipinski definition) is 8. The summed E-state index contributed by atoms with van der Waals surface area (Å²) < 4.78 is 16.3. The standard InChI is InChI=1S/C31H32N4O6/c1-19(36)35(14-13-34(2)3)23-9-7-22(8-10-23)32-29(20-6-12-26-27(18-20)41-16-15-40-26)28-24-11-5-21(31(38)39-4)17-25(24)33-30(28)37/h5-12,17-18,32H,13-16H2,1-4H3,(H,33,37). The van der Waals surface area contributed by atoms with Crippen molar-refractivity contribution in [3.8, 4) is 11.5 Å². The number of benzene rings is 3. The van der Waals surface area contributed by atoms with Crippen molar-refractivity contribution >= 4 is 46.1 Å². The Bertz CT molecular complexity index is 1530. The topological polar surface area (TPSA) is 109 Å². The van der Waals surface area contributed by atoms with Crippen molar-refractivity contribution in [3.63, 3.8) is 0 Å². The molecule has 2 N–H and O–H groups in total. The molecule has 0 spiro atoms. The molecule has 0 atom stereocenters. The molecule has 3 aromatic rings. The van der Waals surface area contributed by atoms with Crippen molar-refractivity contribution in [2.45, 2.75) is 6.92 Å². The lowest BCUT2D eigenvalue weighted by Crippen LogP contribution is -2.35. The molecule has 2 aliphatic heterocycles. The van der Waals surface area contributed by atoms with Crippen LogP contribution in [0.5, 0.6) is 11.5 Å². The molecule has 10 nitrogen and oxygen atoms in total. The molecule has 2 amide bonds. The number of methoxy groups -OCH3 is 1. The number of esters is 1. The summed E-state index contributed by atoms with van der Waals surface area (Å²) in [5.74, 6) is 0.367. The lowest BCUT2D eigenvalue weighted by Gasteiger charge is -2.24. The van der Waals surface area contributed by atoms with Crippen LogP contribution in [0.2, 0.25) is 0 Å². The molecule has 3 aromatic carbocycles. The number of ether oxygens (including phenoxy) is 3. The number of likely N-dealkylation sites (N-methyl/N-ethyl adjacent to an activating group) is 1. The van der Waals surface area contributed by atoms with E-state index in [1.165, 1.54) is 7.11 Å². The summed E-state index contributed by atoms with van der Waals surface area (Å²) in [4.78, 5) is 41.6. The van der Waals surface area contributed by atoms with Crippen LogP contribution in [-0.2, 0) is 14.3 Å². The third kappa shape index (κ3) is 5.87. The minimum Gasteiger partial charge on any atom is -0.486 e. The van der Waals surface area contributed by atoms with Crippen molar-refractivity contribution in [1.29, 1.82) is 0 Å². The van der Waals surface area contributed by atoms with Gasteiger partial charge in [0.15, 0.2) is 11.5 Å². The van der Waals surface area contributed by atoms with E-state index >= 15 is 0 Å². The number of nitrogens with one attached hydrogen (secondary N) is 2. The Morgan fingerprint density at radius 3 is 2.32 bits per heavy atom. The number of nitrogens with zero attached hydrogens (tertiary/aromatic N) is 2. The highest BCUT2D eigenvalue weighted by Crippen LogP contribution is 2.40. The minimum atomic E-state index is -0.491. The van der Waals surface area contributed by atoms with Crippen molar-refractivity contribution in [2.75, 3.05) is 63.0 Å². The monoisotopic (exact) mass is 556 g/mol. The predicted octanol–water partition coefficient (Wildman–Crippen LogP) is 4.09. The number of amides is 2. The second-order valence-electron chi connectivity index (χ2n) is 9.96. The van der Waals surface area contributed by atoms with E-state index in [1.807, 2.05) is 61.5 Å². The average Bonchev–Trinajstić information content (AvgIpc) is 3.30. The third-order valence-electron chi connectivity index (χ3n) is 6.87. The molecule has 0 aromatic heterocycles. The van der Waals surface area contributed by atoms with Crippen LogP contribution in [0, 0.1) is 0 Å². The zero-order valence-corrected chi connectivity index (χ0v) is 23.4. The van der Waals surface area contributed by atoms with Crippen LogP contribution in [0.3, 0.4) is 0 Å². The van der Waals surface area contributed by atoms with Gasteiger partial charge in [0.25, 0.3) is 5.91 Å². The number of carbonyl (C=O) groups excluding carboxylic acids is 3. The Hall–Kier alpha value is -4.83. The summed E-state index contributed by atoms with van der Waals surface area (Å²) >= 11 is 0.